The lowest BCUT2D eigenvalue weighted by Crippen LogP contribution is -2.52. The summed E-state index contributed by atoms with van der Waals surface area (Å²) in [7, 11) is -6.05. The summed E-state index contributed by atoms with van der Waals surface area (Å²) in [5.41, 5.74) is -0.971. The number of amides is 1. The van der Waals surface area contributed by atoms with Crippen molar-refractivity contribution in [1.29, 1.82) is 0 Å². The third-order valence-electron chi connectivity index (χ3n) is 16.3. The van der Waals surface area contributed by atoms with E-state index in [-0.39, 0.29) is 42.5 Å². The van der Waals surface area contributed by atoms with Crippen LogP contribution in [0.5, 0.6) is 0 Å². The minimum atomic E-state index is -2.20. The Labute approximate surface area is 417 Å². The molecule has 0 aromatic carbocycles. The standard InChI is InChI=1S/C53H98N2O10Si3/c1-17-45(64-67(21-5,22-6)23-7)42(13)50-46(60-50)39-52(15,65-68(24-8,25-9)26-10)32-27-28-40(11)49-41(12)29-30-47(59-43(14)56)53(16,62-51(58)55-36-34-54-35-37-55)33-31-44(38-48(57)61-49)63-66(18-2,19-3)20-4/h27-30,32,41-42,44-47,49-50,54H,17-26,31,33-39H2,1-16H3/b30-29+,32-27+,40-28+/t41-,42+,44+,45-,46+,47-,49+,50+,52?,53+/m0/s1. The van der Waals surface area contributed by atoms with Gasteiger partial charge in [0.05, 0.1) is 30.3 Å². The van der Waals surface area contributed by atoms with Gasteiger partial charge in [0.1, 0.15) is 6.10 Å². The quantitative estimate of drug-likeness (QED) is 0.0234. The number of hydrogen-bond acceptors (Lipinski definition) is 11. The van der Waals surface area contributed by atoms with E-state index in [2.05, 4.69) is 101 Å². The summed E-state index contributed by atoms with van der Waals surface area (Å²) in [6.45, 7) is 36.5. The predicted octanol–water partition coefficient (Wildman–Crippen LogP) is 12.3. The molecule has 15 heteroatoms. The van der Waals surface area contributed by atoms with Crippen LogP contribution in [0.2, 0.25) is 54.4 Å². The molecule has 0 aromatic rings. The van der Waals surface area contributed by atoms with E-state index < -0.39 is 66.5 Å². The van der Waals surface area contributed by atoms with Gasteiger partial charge in [-0.15, -0.1) is 0 Å². The second-order valence-electron chi connectivity index (χ2n) is 20.8. The van der Waals surface area contributed by atoms with Gasteiger partial charge in [0, 0.05) is 57.5 Å². The molecule has 10 atom stereocenters. The molecule has 3 rings (SSSR count). The van der Waals surface area contributed by atoms with Gasteiger partial charge in [-0.3, -0.25) is 9.59 Å². The van der Waals surface area contributed by atoms with Crippen LogP contribution < -0.4 is 5.32 Å². The highest BCUT2D eigenvalue weighted by molar-refractivity contribution is 6.74. The largest absolute Gasteiger partial charge is 0.457 e. The number of ether oxygens (including phenoxy) is 4. The fourth-order valence-corrected chi connectivity index (χ4v) is 19.7. The molecule has 0 saturated carbocycles. The summed E-state index contributed by atoms with van der Waals surface area (Å²) in [6.07, 6.45) is 10.4. The summed E-state index contributed by atoms with van der Waals surface area (Å²) >= 11 is 0. The maximum absolute atomic E-state index is 14.2. The average molecular weight is 1010 g/mol. The fourth-order valence-electron chi connectivity index (χ4n) is 10.7. The Kier molecular flexibility index (Phi) is 24.5. The summed E-state index contributed by atoms with van der Waals surface area (Å²) < 4.78 is 46.9. The monoisotopic (exact) mass is 1010 g/mol. The van der Waals surface area contributed by atoms with Crippen LogP contribution in [0.15, 0.2) is 36.0 Å². The fraction of sp³-hybridized carbons (Fsp3) is 0.830. The molecule has 3 aliphatic rings. The molecular weight excluding hydrogens is 909 g/mol. The number of nitrogens with zero attached hydrogens (tertiary/aromatic N) is 1. The molecule has 0 aromatic heterocycles. The molecule has 2 saturated heterocycles. The summed E-state index contributed by atoms with van der Waals surface area (Å²) in [4.78, 5) is 42.5. The third-order valence-corrected chi connectivity index (χ3v) is 30.5. The molecule has 68 heavy (non-hydrogen) atoms. The second kappa shape index (κ2) is 27.6. The smallest absolute Gasteiger partial charge is 0.410 e. The van der Waals surface area contributed by atoms with Gasteiger partial charge in [-0.2, -0.15) is 0 Å². The first kappa shape index (κ1) is 60.2. The number of esters is 2. The molecule has 1 unspecified atom stereocenters. The zero-order valence-electron chi connectivity index (χ0n) is 45.8. The molecule has 0 aliphatic carbocycles. The van der Waals surface area contributed by atoms with E-state index in [0.29, 0.717) is 39.0 Å². The Morgan fingerprint density at radius 2 is 1.47 bits per heavy atom. The number of cyclic esters (lactones) is 1. The van der Waals surface area contributed by atoms with E-state index in [1.807, 2.05) is 39.0 Å². The van der Waals surface area contributed by atoms with Gasteiger partial charge < -0.3 is 42.4 Å². The lowest BCUT2D eigenvalue weighted by atomic mass is 9.88. The molecular formula is C53H98N2O10Si3. The van der Waals surface area contributed by atoms with Gasteiger partial charge in [-0.25, -0.2) is 4.79 Å². The minimum Gasteiger partial charge on any atom is -0.457 e. The van der Waals surface area contributed by atoms with Crippen LogP contribution in [0, 0.1) is 11.8 Å². The van der Waals surface area contributed by atoms with Gasteiger partial charge in [0.25, 0.3) is 0 Å². The Morgan fingerprint density at radius 3 is 2.00 bits per heavy atom. The van der Waals surface area contributed by atoms with E-state index in [9.17, 15) is 14.4 Å². The number of carbonyl (C=O) groups is 3. The molecule has 3 heterocycles. The van der Waals surface area contributed by atoms with Crippen LogP contribution in [0.3, 0.4) is 0 Å². The molecule has 3 aliphatic heterocycles. The molecule has 2 fully saturated rings. The lowest BCUT2D eigenvalue weighted by molar-refractivity contribution is -0.158. The Bertz CT molecular complexity index is 1640. The number of rotatable bonds is 25. The topological polar surface area (TPSA) is 134 Å². The minimum absolute atomic E-state index is 0.0535. The van der Waals surface area contributed by atoms with Gasteiger partial charge in [-0.1, -0.05) is 107 Å². The molecule has 392 valence electrons. The van der Waals surface area contributed by atoms with Crippen LogP contribution in [0.25, 0.3) is 0 Å². The van der Waals surface area contributed by atoms with Crippen molar-refractivity contribution in [1.82, 2.24) is 10.2 Å². The van der Waals surface area contributed by atoms with Gasteiger partial charge in [0.15, 0.2) is 36.7 Å². The Hall–Kier alpha value is -2.12. The van der Waals surface area contributed by atoms with Crippen LogP contribution in [0.4, 0.5) is 4.79 Å². The van der Waals surface area contributed by atoms with Gasteiger partial charge in [-0.05, 0) is 106 Å². The van der Waals surface area contributed by atoms with Crippen LogP contribution in [0.1, 0.15) is 143 Å². The number of piperazine rings is 1. The maximum atomic E-state index is 14.2. The van der Waals surface area contributed by atoms with Crippen molar-refractivity contribution < 1.29 is 46.6 Å². The van der Waals surface area contributed by atoms with Crippen molar-refractivity contribution in [2.45, 2.75) is 245 Å². The highest BCUT2D eigenvalue weighted by Gasteiger charge is 2.51. The number of nitrogens with one attached hydrogen (secondary N) is 1. The van der Waals surface area contributed by atoms with Crippen molar-refractivity contribution in [3.05, 3.63) is 36.0 Å². The summed E-state index contributed by atoms with van der Waals surface area (Å²) in [6, 6.07) is 9.21. The van der Waals surface area contributed by atoms with Crippen molar-refractivity contribution in [2.75, 3.05) is 26.2 Å². The van der Waals surface area contributed by atoms with Crippen molar-refractivity contribution in [2.24, 2.45) is 11.8 Å². The zero-order valence-corrected chi connectivity index (χ0v) is 48.8. The SMILES string of the molecule is CC[C@H](O[Si](CC)(CC)CC)[C@@H](C)[C@H]1O[C@@H]1CC(C)(/C=C/C=C(\C)[C@H]1OC(=O)C[C@H](O[Si](CC)(CC)CC)CC[C@@](C)(OC(=O)N2CCNCC2)[C@@H](OC(C)=O)/C=C/[C@@H]1C)O[Si](CC)(CC)CC. The van der Waals surface area contributed by atoms with E-state index in [1.54, 1.807) is 4.90 Å². The van der Waals surface area contributed by atoms with E-state index >= 15 is 0 Å². The van der Waals surface area contributed by atoms with Gasteiger partial charge >= 0.3 is 18.0 Å². The van der Waals surface area contributed by atoms with Crippen LogP contribution in [-0.4, -0.2) is 122 Å². The summed E-state index contributed by atoms with van der Waals surface area (Å²) in [5, 5.41) is 3.29. The maximum Gasteiger partial charge on any atom is 0.410 e. The Morgan fingerprint density at radius 1 is 0.897 bits per heavy atom. The molecule has 0 bridgehead atoms. The first-order valence-electron chi connectivity index (χ1n) is 27.0. The number of epoxide rings is 1. The second-order valence-corrected chi connectivity index (χ2v) is 34.9. The highest BCUT2D eigenvalue weighted by Crippen LogP contribution is 2.43. The first-order chi connectivity index (χ1) is 32.2. The highest BCUT2D eigenvalue weighted by atomic mass is 28.4. The average Bonchev–Trinajstić information content (AvgIpc) is 4.10. The molecule has 12 nitrogen and oxygen atoms in total. The first-order valence-corrected chi connectivity index (χ1v) is 34.6. The van der Waals surface area contributed by atoms with Crippen LogP contribution >= 0.6 is 0 Å². The predicted molar refractivity (Wildman–Crippen MR) is 283 cm³/mol. The van der Waals surface area contributed by atoms with Crippen molar-refractivity contribution >= 4 is 43.0 Å². The third kappa shape index (κ3) is 16.7. The Balaban J connectivity index is 2.05. The normalized spacial score (nSPS) is 28.1. The molecule has 1 amide bonds. The van der Waals surface area contributed by atoms with E-state index in [0.717, 1.165) is 72.8 Å². The van der Waals surface area contributed by atoms with Crippen molar-refractivity contribution in [3.8, 4) is 0 Å². The van der Waals surface area contributed by atoms with Gasteiger partial charge in [0.2, 0.25) is 0 Å². The molecule has 0 spiro atoms. The lowest BCUT2D eigenvalue weighted by Gasteiger charge is -2.40. The van der Waals surface area contributed by atoms with E-state index in [4.69, 9.17) is 32.2 Å². The number of hydrogen-bond donors (Lipinski definition) is 1. The number of carbonyl (C=O) groups excluding carboxylic acids is 3. The number of allylic oxidation sites excluding steroid dienone is 2. The molecule has 0 radical (unpaired) electrons. The zero-order chi connectivity index (χ0) is 50.9. The van der Waals surface area contributed by atoms with Crippen LogP contribution in [-0.2, 0) is 41.8 Å². The van der Waals surface area contributed by atoms with E-state index in [1.165, 1.54) is 6.92 Å². The summed E-state index contributed by atoms with van der Waals surface area (Å²) in [5.74, 6) is -0.877. The van der Waals surface area contributed by atoms with Crippen molar-refractivity contribution in [3.63, 3.8) is 0 Å². The molecule has 1 N–H and O–H groups in total.